The second-order valence-corrected chi connectivity index (χ2v) is 23.0. The molecule has 0 saturated carbocycles. The first-order chi connectivity index (χ1) is 51.8. The summed E-state index contributed by atoms with van der Waals surface area (Å²) in [5.74, 6) is 3.88. The quantitative estimate of drug-likeness (QED) is 0.00332. The van der Waals surface area contributed by atoms with Crippen molar-refractivity contribution in [1.82, 2.24) is 29.9 Å². The number of aryl methyl sites for hydroxylation is 2. The van der Waals surface area contributed by atoms with Crippen molar-refractivity contribution in [3.63, 3.8) is 0 Å². The van der Waals surface area contributed by atoms with Crippen molar-refractivity contribution in [3.05, 3.63) is 162 Å². The third-order valence-electron chi connectivity index (χ3n) is 12.6. The average Bonchev–Trinajstić information content (AvgIpc) is 1.67. The molecule has 41 heteroatoms. The number of ether oxygens (including phenoxy) is 9. The summed E-state index contributed by atoms with van der Waals surface area (Å²) in [4.78, 5) is 80.7. The molecule has 4 heterocycles. The van der Waals surface area contributed by atoms with E-state index in [2.05, 4.69) is 66.2 Å². The van der Waals surface area contributed by atoms with Crippen LogP contribution in [-0.2, 0) is 14.4 Å². The van der Waals surface area contributed by atoms with Crippen molar-refractivity contribution in [3.8, 4) is 57.5 Å². The van der Waals surface area contributed by atoms with E-state index in [0.29, 0.717) is 95.3 Å². The van der Waals surface area contributed by atoms with Gasteiger partial charge in [0.25, 0.3) is 23.0 Å². The fourth-order valence-corrected chi connectivity index (χ4v) is 8.82. The lowest BCUT2D eigenvalue weighted by atomic mass is 10.2. The van der Waals surface area contributed by atoms with Crippen LogP contribution in [-0.4, -0.2) is 205 Å². The molecule has 0 fully saturated rings. The molecule has 2 amide bonds. The summed E-state index contributed by atoms with van der Waals surface area (Å²) in [5, 5.41) is 78.5. The number of methoxy groups -OCH3 is 5. The number of aromatic amines is 3. The van der Waals surface area contributed by atoms with Gasteiger partial charge in [0.2, 0.25) is 17.1 Å². The molecule has 13 N–H and O–H groups in total. The number of phenols is 1. The number of anilines is 3. The molecule has 0 aliphatic heterocycles. The molecule has 4 aromatic heterocycles. The number of nitrogens with zero attached hydrogens (tertiary/aromatic N) is 7. The molecule has 108 heavy (non-hydrogen) atoms. The number of aromatic hydroxyl groups is 1. The largest absolute Gasteiger partial charge is 0.504 e. The number of nitro benzene ring substituents is 2. The number of thioether (sulfide) groups is 1. The van der Waals surface area contributed by atoms with E-state index < -0.39 is 15.1 Å². The van der Waals surface area contributed by atoms with Crippen molar-refractivity contribution in [1.29, 1.82) is 0 Å². The number of non-ortho nitro benzene ring substituents is 2. The van der Waals surface area contributed by atoms with Crippen LogP contribution in [0.15, 0.2) is 109 Å². The maximum absolute atomic E-state index is 12.3. The predicted molar refractivity (Wildman–Crippen MR) is 413 cm³/mol. The summed E-state index contributed by atoms with van der Waals surface area (Å²) in [7, 11) is 7.39. The topological polar surface area (TPSA) is 487 Å². The SMILES string of the molecule is COc1ccc(N)cc1OCCO.COc1ccc(NC(=O)CCl)cc1OCCO.COc1ccc([N+](=O)[O-])cc1O.COc1ccc([N+](=O)[O-])cc1OCCO.O=C(Cl)CCl.OCCBr.[C-]#[N+]c1ncc2[nH]c(=S)[nH]c2c1C.[C-]#[N+]c1ncc2[nH]c(SCC(=O)Nc3ccc(OC)c(OCCO)c3)nc2c1C. The van der Waals surface area contributed by atoms with Crippen molar-refractivity contribution in [2.24, 2.45) is 0 Å². The van der Waals surface area contributed by atoms with Crippen molar-refractivity contribution in [2.45, 2.75) is 19.0 Å². The van der Waals surface area contributed by atoms with Crippen LogP contribution in [0.5, 0.6) is 57.5 Å². The van der Waals surface area contributed by atoms with Crippen LogP contribution in [0.1, 0.15) is 11.1 Å². The first-order valence-corrected chi connectivity index (χ1v) is 34.7. The highest BCUT2D eigenvalue weighted by Gasteiger charge is 2.17. The van der Waals surface area contributed by atoms with Crippen LogP contribution in [0.2, 0.25) is 0 Å². The Hall–Kier alpha value is -10.8. The van der Waals surface area contributed by atoms with E-state index in [1.54, 1.807) is 81.0 Å². The number of aliphatic hydroxyl groups is 5. The number of nitrogens with one attached hydrogen (secondary N) is 5. The number of pyridine rings is 2. The summed E-state index contributed by atoms with van der Waals surface area (Å²) in [6.07, 6.45) is 3.18. The number of fused-ring (bicyclic) bond motifs is 2. The fourth-order valence-electron chi connectivity index (χ4n) is 7.86. The van der Waals surface area contributed by atoms with Gasteiger partial charge in [-0.2, -0.15) is 0 Å². The monoisotopic (exact) mass is 1660 g/mol. The molecule has 582 valence electrons. The number of hydrogen-bond acceptors (Lipinski definition) is 28. The van der Waals surface area contributed by atoms with E-state index in [0.717, 1.165) is 28.2 Å². The minimum absolute atomic E-state index is 0.0298. The minimum atomic E-state index is -0.584. The lowest BCUT2D eigenvalue weighted by molar-refractivity contribution is -0.385. The maximum atomic E-state index is 12.3. The number of imidazole rings is 2. The Labute approximate surface area is 650 Å². The second kappa shape index (κ2) is 52.3. The highest BCUT2D eigenvalue weighted by atomic mass is 79.9. The molecule has 0 atom stereocenters. The molecule has 5 aromatic carbocycles. The van der Waals surface area contributed by atoms with E-state index in [9.17, 15) is 34.6 Å². The molecular weight excluding hydrogens is 1590 g/mol. The van der Waals surface area contributed by atoms with Gasteiger partial charge in [-0.25, -0.2) is 4.98 Å². The molecule has 35 nitrogen and oxygen atoms in total. The summed E-state index contributed by atoms with van der Waals surface area (Å²) < 4.78 is 46.5. The molecule has 0 bridgehead atoms. The summed E-state index contributed by atoms with van der Waals surface area (Å²) in [6.45, 7) is 18.1. The molecule has 0 radical (unpaired) electrons. The molecular formula is C67H77BrCl3N13O22S2. The Morgan fingerprint density at radius 2 is 1.00 bits per heavy atom. The number of aromatic nitrogens is 6. The van der Waals surface area contributed by atoms with Gasteiger partial charge in [0.05, 0.1) is 113 Å². The summed E-state index contributed by atoms with van der Waals surface area (Å²) >= 11 is 24.1. The van der Waals surface area contributed by atoms with Gasteiger partial charge in [-0.05, 0) is 86.2 Å². The molecule has 0 aliphatic carbocycles. The van der Waals surface area contributed by atoms with Gasteiger partial charge in [-0.3, -0.25) is 34.6 Å². The van der Waals surface area contributed by atoms with Gasteiger partial charge in [0.15, 0.2) is 67.4 Å². The Kier molecular flexibility index (Phi) is 45.2. The number of nitrogen functional groups attached to an aromatic ring is 1. The average molecular weight is 1670 g/mol. The van der Waals surface area contributed by atoms with Crippen LogP contribution in [0.3, 0.4) is 0 Å². The molecule has 0 spiro atoms. The fraction of sp³-hybridized carbons (Fsp3) is 0.299. The Morgan fingerprint density at radius 3 is 1.42 bits per heavy atom. The Bertz CT molecular complexity index is 4490. The van der Waals surface area contributed by atoms with Crippen LogP contribution in [0.4, 0.5) is 40.1 Å². The molecule has 0 aliphatic rings. The summed E-state index contributed by atoms with van der Waals surface area (Å²) in [6, 6.07) is 22.8. The zero-order valence-electron chi connectivity index (χ0n) is 58.8. The molecule has 9 rings (SSSR count). The lowest BCUT2D eigenvalue weighted by Gasteiger charge is -2.12. The van der Waals surface area contributed by atoms with E-state index in [1.807, 2.05) is 6.92 Å². The minimum Gasteiger partial charge on any atom is -0.504 e. The van der Waals surface area contributed by atoms with Gasteiger partial charge >= 0.3 is 0 Å². The number of amides is 2. The van der Waals surface area contributed by atoms with Crippen LogP contribution < -0.4 is 59.0 Å². The van der Waals surface area contributed by atoms with E-state index >= 15 is 0 Å². The zero-order valence-corrected chi connectivity index (χ0v) is 64.2. The molecule has 9 aromatic rings. The molecule has 0 saturated heterocycles. The maximum Gasteiger partial charge on any atom is 0.274 e. The van der Waals surface area contributed by atoms with E-state index in [1.165, 1.54) is 70.5 Å². The number of nitrogens with two attached hydrogens (primary N) is 1. The number of carbonyl (C=O) groups is 3. The number of nitro groups is 2. The highest BCUT2D eigenvalue weighted by Crippen LogP contribution is 2.35. The number of alkyl halides is 3. The summed E-state index contributed by atoms with van der Waals surface area (Å²) in [5.41, 5.74) is 11.7. The van der Waals surface area contributed by atoms with Crippen LogP contribution in [0, 0.1) is 52.0 Å². The highest BCUT2D eigenvalue weighted by molar-refractivity contribution is 9.09. The van der Waals surface area contributed by atoms with Crippen LogP contribution in [0.25, 0.3) is 31.8 Å². The normalized spacial score (nSPS) is 9.80. The number of H-pyrrole nitrogens is 3. The van der Waals surface area contributed by atoms with Crippen molar-refractivity contribution < 1.29 is 97.5 Å². The second-order valence-electron chi connectivity index (χ2n) is 19.9. The molecule has 0 unspecified atom stereocenters. The number of halogens is 4. The standard InChI is InChI=1S/C19H19N5O4S.C11H14ClNO4.C9H11NO5.C9H13NO3.C8H6N4S.C7H7NO4.C2H5BrO.C2H2Cl2O/c1-11-17-13(9-21-18(11)20-2)23-19(24-17)29-10-16(26)22-12-4-5-14(27-3)15(8-12)28-7-6-25;1-16-9-3-2-8(13-11(15)7-12)6-10(9)17-5-4-14;1-14-8-3-2-7(10(12)13)6-9(8)15-5-4-11;1-12-8-3-2-7(10)6-9(8)13-5-4-11;1-4-6-5(11-8(13)12-6)3-10-7(4)9-2;1-12-7-3-2-5(8(10)11)4-6(7)9;3-1-2-4;3-1-2(4)5/h4-5,8-9,25H,6-7,10H2,1,3H3,(H,22,26)(H,23,24);2-3,6,14H,4-5,7H2,1H3,(H,13,15);2-3,6,11H,4-5H2,1H3;2-3,6,11H,4-5,10H2,1H3;3H,1H3,(H2,11,12,13);2-4,9H,1H3;4H,1-2H2;1H2. The lowest BCUT2D eigenvalue weighted by Crippen LogP contribution is -2.14. The third kappa shape index (κ3) is 32.9. The smallest absolute Gasteiger partial charge is 0.274 e. The van der Waals surface area contributed by atoms with Gasteiger partial charge < -0.3 is 114 Å². The predicted octanol–water partition coefficient (Wildman–Crippen LogP) is 10.9. The van der Waals surface area contributed by atoms with E-state index in [4.69, 9.17) is 139 Å². The third-order valence-corrected chi connectivity index (χ3v) is 14.8. The zero-order chi connectivity index (χ0) is 80.7. The van der Waals surface area contributed by atoms with Gasteiger partial charge in [0, 0.05) is 63.9 Å². The van der Waals surface area contributed by atoms with Gasteiger partial charge in [-0.1, -0.05) is 40.8 Å². The van der Waals surface area contributed by atoms with E-state index in [-0.39, 0.29) is 117 Å². The Balaban J connectivity index is 0.000000442. The number of phenolic OH excluding ortho intramolecular Hbond substituents is 1. The Morgan fingerprint density at radius 1 is 0.593 bits per heavy atom. The van der Waals surface area contributed by atoms with Gasteiger partial charge in [-0.15, -0.1) is 33.2 Å². The number of benzene rings is 5. The first kappa shape index (κ1) is 93.3. The van der Waals surface area contributed by atoms with Crippen molar-refractivity contribution in [2.75, 3.05) is 134 Å². The number of hydrogen-bond donors (Lipinski definition) is 12. The number of aliphatic hydroxyl groups excluding tert-OH is 5. The van der Waals surface area contributed by atoms with Crippen molar-refractivity contribution >= 4 is 154 Å². The number of carbonyl (C=O) groups excluding carboxylic acids is 3. The number of rotatable bonds is 27. The van der Waals surface area contributed by atoms with Gasteiger partial charge in [0.1, 0.15) is 55.7 Å². The first-order valence-electron chi connectivity index (χ1n) is 30.7. The van der Waals surface area contributed by atoms with Crippen LogP contribution >= 0.6 is 74.7 Å².